The Labute approximate surface area is 181 Å². The minimum atomic E-state index is -1.85. The summed E-state index contributed by atoms with van der Waals surface area (Å²) in [5, 5.41) is 5.74. The molecule has 3 atom stereocenters. The lowest BCUT2D eigenvalue weighted by Gasteiger charge is -2.27. The normalized spacial score (nSPS) is 23.7. The second kappa shape index (κ2) is 8.77. The van der Waals surface area contributed by atoms with E-state index in [0.717, 1.165) is 0 Å². The molecule has 0 radical (unpaired) electrons. The molecule has 2 aliphatic heterocycles. The van der Waals surface area contributed by atoms with Crippen molar-refractivity contribution >= 4 is 43.3 Å². The molecule has 4 amide bonds. The van der Waals surface area contributed by atoms with Crippen molar-refractivity contribution in [2.24, 2.45) is 11.7 Å². The van der Waals surface area contributed by atoms with Gasteiger partial charge >= 0.3 is 0 Å². The van der Waals surface area contributed by atoms with E-state index >= 15 is 0 Å². The molecule has 8 nitrogen and oxygen atoms in total. The number of rotatable bonds is 6. The first-order valence-electron chi connectivity index (χ1n) is 10.0. The summed E-state index contributed by atoms with van der Waals surface area (Å²) in [4.78, 5) is 51.6. The molecule has 0 spiro atoms. The first-order valence-corrected chi connectivity index (χ1v) is 13.8. The van der Waals surface area contributed by atoms with Gasteiger partial charge in [0.25, 0.3) is 5.91 Å². The van der Waals surface area contributed by atoms with Gasteiger partial charge in [-0.15, -0.1) is 0 Å². The Morgan fingerprint density at radius 3 is 2.63 bits per heavy atom. The lowest BCUT2D eigenvalue weighted by molar-refractivity contribution is -0.130. The average Bonchev–Trinajstić information content (AvgIpc) is 3.23. The highest BCUT2D eigenvalue weighted by molar-refractivity contribution is 6.79. The Bertz CT molecular complexity index is 878. The van der Waals surface area contributed by atoms with Crippen LogP contribution in [-0.2, 0) is 14.4 Å². The molecule has 30 heavy (non-hydrogen) atoms. The third kappa shape index (κ3) is 4.84. The van der Waals surface area contributed by atoms with Gasteiger partial charge in [0.05, 0.1) is 18.7 Å². The SMILES string of the molecule is C[Si]1(C)C[C@H](C(=O)N[C@@H](C[C@@H]2CCNC2=O)C(N)=O)N(C(=O)c2ccccc2Cl)C1. The zero-order valence-electron chi connectivity index (χ0n) is 17.1. The predicted octanol–water partition coefficient (Wildman–Crippen LogP) is 0.908. The van der Waals surface area contributed by atoms with E-state index in [0.29, 0.717) is 35.8 Å². The minimum Gasteiger partial charge on any atom is -0.368 e. The number of nitrogens with zero attached hydrogens (tertiary/aromatic N) is 1. The second-order valence-corrected chi connectivity index (χ2v) is 14.2. The number of nitrogens with two attached hydrogens (primary N) is 1. The summed E-state index contributed by atoms with van der Waals surface area (Å²) < 4.78 is 0. The molecule has 0 aliphatic carbocycles. The van der Waals surface area contributed by atoms with E-state index in [1.807, 2.05) is 0 Å². The van der Waals surface area contributed by atoms with Crippen LogP contribution < -0.4 is 16.4 Å². The van der Waals surface area contributed by atoms with Crippen molar-refractivity contribution in [2.75, 3.05) is 12.7 Å². The van der Waals surface area contributed by atoms with Gasteiger partial charge in [-0.05, 0) is 31.0 Å². The average molecular weight is 451 g/mol. The molecule has 0 saturated carbocycles. The number of nitrogens with one attached hydrogen (secondary N) is 2. The maximum atomic E-state index is 13.2. The van der Waals surface area contributed by atoms with Crippen LogP contribution in [0.2, 0.25) is 24.2 Å². The molecule has 0 unspecified atom stereocenters. The number of carbonyl (C=O) groups excluding carboxylic acids is 4. The van der Waals surface area contributed by atoms with Gasteiger partial charge in [0.15, 0.2) is 0 Å². The van der Waals surface area contributed by atoms with Crippen molar-refractivity contribution < 1.29 is 19.2 Å². The molecule has 162 valence electrons. The third-order valence-corrected chi connectivity index (χ3v) is 8.75. The molecule has 1 aromatic rings. The Morgan fingerprint density at radius 2 is 2.03 bits per heavy atom. The van der Waals surface area contributed by atoms with Gasteiger partial charge < -0.3 is 21.3 Å². The molecule has 10 heteroatoms. The molecule has 2 fully saturated rings. The zero-order chi connectivity index (χ0) is 22.1. The van der Waals surface area contributed by atoms with E-state index in [-0.39, 0.29) is 24.2 Å². The first kappa shape index (κ1) is 22.3. The molecule has 2 saturated heterocycles. The van der Waals surface area contributed by atoms with Crippen molar-refractivity contribution in [3.8, 4) is 0 Å². The molecular formula is C20H27ClN4O4Si. The number of primary amides is 1. The topological polar surface area (TPSA) is 122 Å². The molecule has 3 rings (SSSR count). The van der Waals surface area contributed by atoms with Gasteiger partial charge in [0, 0.05) is 18.6 Å². The highest BCUT2D eigenvalue weighted by atomic mass is 35.5. The lowest BCUT2D eigenvalue weighted by Crippen LogP contribution is -2.52. The van der Waals surface area contributed by atoms with Crippen LogP contribution in [0.1, 0.15) is 23.2 Å². The summed E-state index contributed by atoms with van der Waals surface area (Å²) in [5.74, 6) is -1.92. The van der Waals surface area contributed by atoms with Gasteiger partial charge in [-0.2, -0.15) is 0 Å². The highest BCUT2D eigenvalue weighted by Crippen LogP contribution is 2.30. The van der Waals surface area contributed by atoms with Crippen LogP contribution in [0.5, 0.6) is 0 Å². The number of halogens is 1. The van der Waals surface area contributed by atoms with E-state index < -0.39 is 32.0 Å². The quantitative estimate of drug-likeness (QED) is 0.557. The first-order chi connectivity index (χ1) is 14.1. The van der Waals surface area contributed by atoms with Crippen molar-refractivity contribution in [1.29, 1.82) is 0 Å². The molecule has 0 aromatic heterocycles. The Balaban J connectivity index is 1.77. The summed E-state index contributed by atoms with van der Waals surface area (Å²) >= 11 is 6.19. The largest absolute Gasteiger partial charge is 0.368 e. The molecule has 4 N–H and O–H groups in total. The molecule has 1 aromatic carbocycles. The summed E-state index contributed by atoms with van der Waals surface area (Å²) in [5.41, 5.74) is 5.84. The summed E-state index contributed by atoms with van der Waals surface area (Å²) in [6.07, 6.45) is 1.26. The second-order valence-electron chi connectivity index (χ2n) is 8.77. The standard InChI is InChI=1S/C20H27ClN4O4Si/c1-30(2)10-16(25(11-30)20(29)13-5-3-4-6-14(13)21)19(28)24-15(17(22)26)9-12-7-8-23-18(12)27/h3-6,12,15-16H,7-11H2,1-2H3,(H2,22,26)(H,23,27)(H,24,28)/t12-,15-,16+/m0/s1. The Hall–Kier alpha value is -2.39. The van der Waals surface area contributed by atoms with Crippen molar-refractivity contribution in [1.82, 2.24) is 15.5 Å². The lowest BCUT2D eigenvalue weighted by atomic mass is 9.97. The third-order valence-electron chi connectivity index (χ3n) is 5.73. The predicted molar refractivity (Wildman–Crippen MR) is 115 cm³/mol. The molecule has 0 bridgehead atoms. The van der Waals surface area contributed by atoms with Gasteiger partial charge in [-0.1, -0.05) is 36.8 Å². The zero-order valence-corrected chi connectivity index (χ0v) is 18.9. The summed E-state index contributed by atoms with van der Waals surface area (Å²) in [7, 11) is -1.85. The number of hydrogen-bond acceptors (Lipinski definition) is 4. The van der Waals surface area contributed by atoms with E-state index in [1.54, 1.807) is 29.2 Å². The number of carbonyl (C=O) groups is 4. The van der Waals surface area contributed by atoms with Crippen LogP contribution in [0.25, 0.3) is 0 Å². The number of hydrogen-bond donors (Lipinski definition) is 3. The molecule has 2 heterocycles. The Morgan fingerprint density at radius 1 is 1.33 bits per heavy atom. The minimum absolute atomic E-state index is 0.138. The van der Waals surface area contributed by atoms with E-state index in [9.17, 15) is 19.2 Å². The van der Waals surface area contributed by atoms with E-state index in [4.69, 9.17) is 17.3 Å². The number of amides is 4. The smallest absolute Gasteiger partial charge is 0.255 e. The summed E-state index contributed by atoms with van der Waals surface area (Å²) in [6.45, 7) is 4.77. The van der Waals surface area contributed by atoms with Crippen LogP contribution in [0, 0.1) is 5.92 Å². The van der Waals surface area contributed by atoms with Crippen LogP contribution in [-0.4, -0.2) is 61.4 Å². The maximum Gasteiger partial charge on any atom is 0.255 e. The fourth-order valence-corrected chi connectivity index (χ4v) is 7.26. The van der Waals surface area contributed by atoms with Crippen molar-refractivity contribution in [3.63, 3.8) is 0 Å². The van der Waals surface area contributed by atoms with Crippen LogP contribution in [0.4, 0.5) is 0 Å². The fourth-order valence-electron chi connectivity index (χ4n) is 4.17. The van der Waals surface area contributed by atoms with E-state index in [1.165, 1.54) is 0 Å². The molecule has 2 aliphatic rings. The van der Waals surface area contributed by atoms with E-state index in [2.05, 4.69) is 23.7 Å². The van der Waals surface area contributed by atoms with Crippen molar-refractivity contribution in [2.45, 2.75) is 44.1 Å². The monoisotopic (exact) mass is 450 g/mol. The van der Waals surface area contributed by atoms with Gasteiger partial charge in [-0.25, -0.2) is 0 Å². The number of benzene rings is 1. The van der Waals surface area contributed by atoms with Gasteiger partial charge in [0.1, 0.15) is 12.1 Å². The maximum absolute atomic E-state index is 13.2. The van der Waals surface area contributed by atoms with Gasteiger partial charge in [-0.3, -0.25) is 19.2 Å². The van der Waals surface area contributed by atoms with Gasteiger partial charge in [0.2, 0.25) is 17.7 Å². The van der Waals surface area contributed by atoms with Crippen LogP contribution in [0.3, 0.4) is 0 Å². The summed E-state index contributed by atoms with van der Waals surface area (Å²) in [6, 6.07) is 5.65. The molecular weight excluding hydrogens is 424 g/mol. The van der Waals surface area contributed by atoms with Crippen LogP contribution >= 0.6 is 11.6 Å². The Kier molecular flexibility index (Phi) is 6.52. The van der Waals surface area contributed by atoms with Crippen LogP contribution in [0.15, 0.2) is 24.3 Å². The van der Waals surface area contributed by atoms with Crippen molar-refractivity contribution in [3.05, 3.63) is 34.9 Å². The fraction of sp³-hybridized carbons (Fsp3) is 0.500. The highest BCUT2D eigenvalue weighted by Gasteiger charge is 2.46.